The summed E-state index contributed by atoms with van der Waals surface area (Å²) in [6.45, 7) is 4.39. The number of nitrogens with zero attached hydrogens (tertiary/aromatic N) is 4. The lowest BCUT2D eigenvalue weighted by molar-refractivity contribution is 0.102. The normalized spacial score (nSPS) is 14.3. The zero-order valence-electron chi connectivity index (χ0n) is 20.9. The number of carbonyl (C=O) groups excluding carboxylic acids is 1. The van der Waals surface area contributed by atoms with E-state index in [1.54, 1.807) is 35.7 Å². The standard InChI is InChI=1S/C25H31N7O3S3/c26-10-3-1-2-4-11-31-12-6-13-32-19(17-31)16-21(29-32)24(33)28-25-27-20-9-8-18(15-22(20)37-25)30-38(34,35)23-7-5-14-36-23/h5,7-9,14-16,30H,1-4,6,10-13,17,26H2,(H,27,28,33). The summed E-state index contributed by atoms with van der Waals surface area (Å²) in [5.74, 6) is -0.309. The number of rotatable bonds is 11. The Morgan fingerprint density at radius 1 is 1.11 bits per heavy atom. The number of thiazole rings is 1. The molecule has 13 heteroatoms. The van der Waals surface area contributed by atoms with Crippen LogP contribution in [0.3, 0.4) is 0 Å². The van der Waals surface area contributed by atoms with Crippen molar-refractivity contribution in [3.05, 3.63) is 53.2 Å². The van der Waals surface area contributed by atoms with Crippen LogP contribution < -0.4 is 15.8 Å². The smallest absolute Gasteiger partial charge is 0.277 e. The van der Waals surface area contributed by atoms with E-state index in [1.807, 2.05) is 10.7 Å². The molecule has 1 aromatic carbocycles. The van der Waals surface area contributed by atoms with Gasteiger partial charge in [0.2, 0.25) is 0 Å². The number of fused-ring (bicyclic) bond motifs is 2. The Morgan fingerprint density at radius 3 is 2.79 bits per heavy atom. The summed E-state index contributed by atoms with van der Waals surface area (Å²) in [6.07, 6.45) is 5.58. The number of hydrogen-bond donors (Lipinski definition) is 3. The number of hydrogen-bond acceptors (Lipinski definition) is 9. The van der Waals surface area contributed by atoms with Gasteiger partial charge in [0.1, 0.15) is 4.21 Å². The lowest BCUT2D eigenvalue weighted by Crippen LogP contribution is -2.24. The number of carbonyl (C=O) groups is 1. The number of benzene rings is 1. The molecule has 10 nitrogen and oxygen atoms in total. The number of anilines is 2. The maximum atomic E-state index is 13.0. The summed E-state index contributed by atoms with van der Waals surface area (Å²) in [5, 5.41) is 9.57. The van der Waals surface area contributed by atoms with Crippen LogP contribution in [0.1, 0.15) is 48.3 Å². The van der Waals surface area contributed by atoms with Crippen molar-refractivity contribution >= 4 is 59.6 Å². The number of sulfonamides is 1. The molecule has 0 saturated carbocycles. The fourth-order valence-corrected chi connectivity index (χ4v) is 7.43. The molecular formula is C25H31N7O3S3. The highest BCUT2D eigenvalue weighted by Crippen LogP contribution is 2.30. The summed E-state index contributed by atoms with van der Waals surface area (Å²) in [5.41, 5.74) is 8.11. The molecule has 1 aliphatic heterocycles. The zero-order chi connectivity index (χ0) is 26.5. The maximum Gasteiger partial charge on any atom is 0.277 e. The highest BCUT2D eigenvalue weighted by molar-refractivity contribution is 7.94. The first kappa shape index (κ1) is 26.8. The summed E-state index contributed by atoms with van der Waals surface area (Å²) in [7, 11) is -3.64. The van der Waals surface area contributed by atoms with E-state index >= 15 is 0 Å². The van der Waals surface area contributed by atoms with Gasteiger partial charge in [-0.15, -0.1) is 11.3 Å². The minimum atomic E-state index is -3.64. The van der Waals surface area contributed by atoms with Crippen LogP contribution in [0.2, 0.25) is 0 Å². The van der Waals surface area contributed by atoms with Crippen LogP contribution >= 0.6 is 22.7 Å². The van der Waals surface area contributed by atoms with E-state index in [0.29, 0.717) is 22.0 Å². The summed E-state index contributed by atoms with van der Waals surface area (Å²) in [4.78, 5) is 19.9. The second kappa shape index (κ2) is 11.9. The van der Waals surface area contributed by atoms with E-state index in [4.69, 9.17) is 5.73 Å². The van der Waals surface area contributed by atoms with Crippen molar-refractivity contribution in [1.82, 2.24) is 19.7 Å². The Hall–Kier alpha value is -2.84. The molecule has 4 N–H and O–H groups in total. The fourth-order valence-electron chi connectivity index (χ4n) is 4.49. The van der Waals surface area contributed by atoms with Gasteiger partial charge in [0.25, 0.3) is 15.9 Å². The number of amides is 1. The van der Waals surface area contributed by atoms with Crippen molar-refractivity contribution in [2.45, 2.75) is 49.4 Å². The Balaban J connectivity index is 1.22. The van der Waals surface area contributed by atoms with Crippen LogP contribution in [0.15, 0.2) is 46.0 Å². The molecule has 0 fully saturated rings. The van der Waals surface area contributed by atoms with Gasteiger partial charge in [-0.2, -0.15) is 5.10 Å². The minimum Gasteiger partial charge on any atom is -0.330 e. The summed E-state index contributed by atoms with van der Waals surface area (Å²) >= 11 is 2.44. The van der Waals surface area contributed by atoms with Crippen molar-refractivity contribution in [3.63, 3.8) is 0 Å². The van der Waals surface area contributed by atoms with E-state index in [0.717, 1.165) is 73.7 Å². The largest absolute Gasteiger partial charge is 0.330 e. The van der Waals surface area contributed by atoms with Crippen molar-refractivity contribution in [3.8, 4) is 0 Å². The predicted octanol–water partition coefficient (Wildman–Crippen LogP) is 4.33. The molecular weight excluding hydrogens is 543 g/mol. The maximum absolute atomic E-state index is 13.0. The monoisotopic (exact) mass is 573 g/mol. The van der Waals surface area contributed by atoms with Crippen LogP contribution in [0.25, 0.3) is 10.2 Å². The average molecular weight is 574 g/mol. The third-order valence-corrected chi connectivity index (χ3v) is 10.1. The van der Waals surface area contributed by atoms with Crippen LogP contribution in [0.4, 0.5) is 10.8 Å². The van der Waals surface area contributed by atoms with Crippen molar-refractivity contribution in [2.24, 2.45) is 5.73 Å². The Morgan fingerprint density at radius 2 is 1.97 bits per heavy atom. The van der Waals surface area contributed by atoms with Crippen molar-refractivity contribution < 1.29 is 13.2 Å². The summed E-state index contributed by atoms with van der Waals surface area (Å²) in [6, 6.07) is 10.2. The predicted molar refractivity (Wildman–Crippen MR) is 152 cm³/mol. The molecule has 0 spiro atoms. The van der Waals surface area contributed by atoms with E-state index < -0.39 is 10.0 Å². The van der Waals surface area contributed by atoms with Gasteiger partial charge >= 0.3 is 0 Å². The number of aromatic nitrogens is 3. The second-order valence-electron chi connectivity index (χ2n) is 9.27. The number of thiophene rings is 1. The SMILES string of the molecule is NCCCCCCN1CCCn2nc(C(=O)Nc3nc4ccc(NS(=O)(=O)c5cccs5)cc4s3)cc2C1. The van der Waals surface area contributed by atoms with Gasteiger partial charge in [0, 0.05) is 19.6 Å². The Kier molecular flexibility index (Phi) is 8.39. The van der Waals surface area contributed by atoms with Gasteiger partial charge in [0.05, 0.1) is 21.6 Å². The van der Waals surface area contributed by atoms with Crippen LogP contribution in [0, 0.1) is 0 Å². The molecule has 0 saturated heterocycles. The van der Waals surface area contributed by atoms with Crippen molar-refractivity contribution in [1.29, 1.82) is 0 Å². The van der Waals surface area contributed by atoms with Gasteiger partial charge < -0.3 is 5.73 Å². The first-order valence-electron chi connectivity index (χ1n) is 12.7. The molecule has 4 aromatic rings. The molecule has 0 unspecified atom stereocenters. The molecule has 3 aromatic heterocycles. The van der Waals surface area contributed by atoms with E-state index in [1.165, 1.54) is 24.2 Å². The molecule has 0 radical (unpaired) electrons. The lowest BCUT2D eigenvalue weighted by Gasteiger charge is -2.19. The first-order valence-corrected chi connectivity index (χ1v) is 15.9. The molecule has 0 bridgehead atoms. The Labute approximate surface area is 229 Å². The third kappa shape index (κ3) is 6.41. The highest BCUT2D eigenvalue weighted by atomic mass is 32.2. The van der Waals surface area contributed by atoms with Gasteiger partial charge in [-0.1, -0.05) is 30.2 Å². The molecule has 1 amide bonds. The van der Waals surface area contributed by atoms with E-state index in [9.17, 15) is 13.2 Å². The molecule has 1 aliphatic rings. The van der Waals surface area contributed by atoms with E-state index in [2.05, 4.69) is 25.0 Å². The zero-order valence-corrected chi connectivity index (χ0v) is 23.4. The molecule has 4 heterocycles. The fraction of sp³-hybridized carbons (Fsp3) is 0.400. The minimum absolute atomic E-state index is 0.249. The van der Waals surface area contributed by atoms with Gasteiger partial charge in [0.15, 0.2) is 10.8 Å². The number of nitrogens with two attached hydrogens (primary N) is 1. The van der Waals surface area contributed by atoms with Gasteiger partial charge in [-0.3, -0.25) is 24.4 Å². The second-order valence-corrected chi connectivity index (χ2v) is 13.2. The first-order chi connectivity index (χ1) is 18.4. The average Bonchev–Trinajstić information content (AvgIpc) is 3.62. The quantitative estimate of drug-likeness (QED) is 0.227. The summed E-state index contributed by atoms with van der Waals surface area (Å²) < 4.78 is 30.6. The van der Waals surface area contributed by atoms with Gasteiger partial charge in [-0.05, 0) is 68.1 Å². The highest BCUT2D eigenvalue weighted by Gasteiger charge is 2.21. The number of unbranched alkanes of at least 4 members (excludes halogenated alkanes) is 3. The molecule has 202 valence electrons. The topological polar surface area (TPSA) is 135 Å². The van der Waals surface area contributed by atoms with Crippen LogP contribution in [-0.2, 0) is 23.1 Å². The number of nitrogens with one attached hydrogen (secondary N) is 2. The third-order valence-electron chi connectivity index (χ3n) is 6.38. The molecule has 0 atom stereocenters. The van der Waals surface area contributed by atoms with Gasteiger partial charge in [-0.25, -0.2) is 13.4 Å². The number of aryl methyl sites for hydroxylation is 1. The Bertz CT molecular complexity index is 1500. The van der Waals surface area contributed by atoms with Crippen LogP contribution in [-0.4, -0.2) is 53.6 Å². The van der Waals surface area contributed by atoms with Crippen molar-refractivity contribution in [2.75, 3.05) is 29.7 Å². The van der Waals surface area contributed by atoms with Crippen LogP contribution in [0.5, 0.6) is 0 Å². The van der Waals surface area contributed by atoms with E-state index in [-0.39, 0.29) is 10.1 Å². The molecule has 0 aliphatic carbocycles. The molecule has 5 rings (SSSR count). The molecule has 38 heavy (non-hydrogen) atoms. The lowest BCUT2D eigenvalue weighted by atomic mass is 10.2.